The van der Waals surface area contributed by atoms with E-state index < -0.39 is 0 Å². The average Bonchev–Trinajstić information content (AvgIpc) is 2.99. The Hall–Kier alpha value is -2.60. The highest BCUT2D eigenvalue weighted by molar-refractivity contribution is 6.33. The van der Waals surface area contributed by atoms with Crippen molar-refractivity contribution < 1.29 is 4.74 Å². The second-order valence-corrected chi connectivity index (χ2v) is 4.76. The fourth-order valence-electron chi connectivity index (χ4n) is 1.95. The first-order valence-electron chi connectivity index (χ1n) is 6.17. The molecule has 0 spiro atoms. The SMILES string of the molecule is COc1ccc(-n2nnnc2-c2ccc(Cl)c(N)c2)cc1. The fraction of sp³-hybridized carbons (Fsp3) is 0.0714. The van der Waals surface area contributed by atoms with Gasteiger partial charge in [0.05, 0.1) is 23.5 Å². The summed E-state index contributed by atoms with van der Waals surface area (Å²) in [5.74, 6) is 1.35. The van der Waals surface area contributed by atoms with Gasteiger partial charge < -0.3 is 10.5 Å². The van der Waals surface area contributed by atoms with Crippen LogP contribution in [0.1, 0.15) is 0 Å². The van der Waals surface area contributed by atoms with Crippen molar-refractivity contribution >= 4 is 17.3 Å². The van der Waals surface area contributed by atoms with Crippen molar-refractivity contribution in [2.45, 2.75) is 0 Å². The first-order chi connectivity index (χ1) is 10.2. The molecule has 0 fully saturated rings. The van der Waals surface area contributed by atoms with E-state index in [4.69, 9.17) is 22.1 Å². The molecule has 0 saturated heterocycles. The van der Waals surface area contributed by atoms with Gasteiger partial charge in [0.25, 0.3) is 0 Å². The first kappa shape index (κ1) is 13.4. The molecule has 0 aliphatic carbocycles. The number of rotatable bonds is 3. The Labute approximate surface area is 126 Å². The number of anilines is 1. The summed E-state index contributed by atoms with van der Waals surface area (Å²) < 4.78 is 6.77. The number of nitrogens with two attached hydrogens (primary N) is 1. The van der Waals surface area contributed by atoms with Crippen LogP contribution in [0.25, 0.3) is 17.1 Å². The van der Waals surface area contributed by atoms with Crippen LogP contribution in [0.5, 0.6) is 5.75 Å². The summed E-state index contributed by atoms with van der Waals surface area (Å²) in [5.41, 5.74) is 7.92. The van der Waals surface area contributed by atoms with Gasteiger partial charge in [-0.1, -0.05) is 11.6 Å². The lowest BCUT2D eigenvalue weighted by Crippen LogP contribution is -2.00. The molecule has 106 valence electrons. The highest BCUT2D eigenvalue weighted by atomic mass is 35.5. The predicted octanol–water partition coefficient (Wildman–Crippen LogP) is 2.57. The second kappa shape index (κ2) is 5.41. The van der Waals surface area contributed by atoms with E-state index in [0.29, 0.717) is 16.5 Å². The molecule has 2 aromatic carbocycles. The lowest BCUT2D eigenvalue weighted by atomic mass is 10.2. The van der Waals surface area contributed by atoms with Crippen molar-refractivity contribution in [3.8, 4) is 22.8 Å². The van der Waals surface area contributed by atoms with Gasteiger partial charge in [0.15, 0.2) is 5.82 Å². The summed E-state index contributed by atoms with van der Waals surface area (Å²) in [6.45, 7) is 0. The Morgan fingerprint density at radius 3 is 2.57 bits per heavy atom. The topological polar surface area (TPSA) is 78.8 Å². The van der Waals surface area contributed by atoms with Crippen LogP contribution in [0, 0.1) is 0 Å². The van der Waals surface area contributed by atoms with Crippen LogP contribution in [0.4, 0.5) is 5.69 Å². The second-order valence-electron chi connectivity index (χ2n) is 4.35. The van der Waals surface area contributed by atoms with Crippen LogP contribution in [0.15, 0.2) is 42.5 Å². The monoisotopic (exact) mass is 301 g/mol. The number of hydrogen-bond acceptors (Lipinski definition) is 5. The Kier molecular flexibility index (Phi) is 3.45. The van der Waals surface area contributed by atoms with Crippen LogP contribution in [-0.4, -0.2) is 27.3 Å². The Morgan fingerprint density at radius 2 is 1.90 bits per heavy atom. The normalized spacial score (nSPS) is 10.6. The average molecular weight is 302 g/mol. The van der Waals surface area contributed by atoms with E-state index >= 15 is 0 Å². The van der Waals surface area contributed by atoms with Gasteiger partial charge in [-0.25, -0.2) is 0 Å². The quantitative estimate of drug-likeness (QED) is 0.752. The third kappa shape index (κ3) is 2.53. The van der Waals surface area contributed by atoms with Crippen LogP contribution in [0.2, 0.25) is 5.02 Å². The summed E-state index contributed by atoms with van der Waals surface area (Å²) in [6, 6.07) is 12.7. The van der Waals surface area contributed by atoms with E-state index in [2.05, 4.69) is 15.5 Å². The van der Waals surface area contributed by atoms with E-state index in [-0.39, 0.29) is 0 Å². The Balaban J connectivity index is 2.05. The Morgan fingerprint density at radius 1 is 1.14 bits per heavy atom. The smallest absolute Gasteiger partial charge is 0.187 e. The van der Waals surface area contributed by atoms with Crippen molar-refractivity contribution in [1.29, 1.82) is 0 Å². The molecule has 21 heavy (non-hydrogen) atoms. The van der Waals surface area contributed by atoms with Crippen molar-refractivity contribution in [1.82, 2.24) is 20.2 Å². The maximum atomic E-state index is 5.93. The molecule has 1 aromatic heterocycles. The van der Waals surface area contributed by atoms with Gasteiger partial charge in [-0.3, -0.25) is 0 Å². The largest absolute Gasteiger partial charge is 0.497 e. The molecule has 6 nitrogen and oxygen atoms in total. The fourth-order valence-corrected chi connectivity index (χ4v) is 2.06. The number of halogens is 1. The molecule has 3 rings (SSSR count). The first-order valence-corrected chi connectivity index (χ1v) is 6.55. The van der Waals surface area contributed by atoms with E-state index in [9.17, 15) is 0 Å². The minimum atomic E-state index is 0.485. The van der Waals surface area contributed by atoms with Crippen LogP contribution < -0.4 is 10.5 Å². The Bertz CT molecular complexity index is 769. The minimum Gasteiger partial charge on any atom is -0.497 e. The summed E-state index contributed by atoms with van der Waals surface area (Å²) in [6.07, 6.45) is 0. The summed E-state index contributed by atoms with van der Waals surface area (Å²) >= 11 is 5.93. The third-order valence-corrected chi connectivity index (χ3v) is 3.38. The standard InChI is InChI=1S/C14H12ClN5O/c1-21-11-5-3-10(4-6-11)20-14(17-18-19-20)9-2-7-12(15)13(16)8-9/h2-8H,16H2,1H3. The number of hydrogen-bond donors (Lipinski definition) is 1. The lowest BCUT2D eigenvalue weighted by Gasteiger charge is -2.07. The molecule has 7 heteroatoms. The molecule has 0 radical (unpaired) electrons. The zero-order valence-corrected chi connectivity index (χ0v) is 11.9. The van der Waals surface area contributed by atoms with Crippen molar-refractivity contribution in [3.63, 3.8) is 0 Å². The van der Waals surface area contributed by atoms with Gasteiger partial charge in [-0.15, -0.1) is 5.10 Å². The van der Waals surface area contributed by atoms with Gasteiger partial charge in [0.1, 0.15) is 5.75 Å². The summed E-state index contributed by atoms with van der Waals surface area (Å²) in [4.78, 5) is 0. The molecule has 0 unspecified atom stereocenters. The minimum absolute atomic E-state index is 0.485. The van der Waals surface area contributed by atoms with Crippen LogP contribution >= 0.6 is 11.6 Å². The molecule has 0 aliphatic heterocycles. The third-order valence-electron chi connectivity index (χ3n) is 3.04. The molecule has 0 bridgehead atoms. The van der Waals surface area contributed by atoms with Gasteiger partial charge in [0.2, 0.25) is 0 Å². The number of nitrogen functional groups attached to an aromatic ring is 1. The molecule has 0 atom stereocenters. The van der Waals surface area contributed by atoms with Crippen LogP contribution in [0.3, 0.4) is 0 Å². The molecule has 0 saturated carbocycles. The van der Waals surface area contributed by atoms with Crippen molar-refractivity contribution in [2.75, 3.05) is 12.8 Å². The highest BCUT2D eigenvalue weighted by Crippen LogP contribution is 2.26. The van der Waals surface area contributed by atoms with E-state index in [1.807, 2.05) is 30.3 Å². The number of methoxy groups -OCH3 is 1. The molecule has 0 aliphatic rings. The van der Waals surface area contributed by atoms with Crippen molar-refractivity contribution in [2.24, 2.45) is 0 Å². The van der Waals surface area contributed by atoms with Gasteiger partial charge in [-0.05, 0) is 52.9 Å². The predicted molar refractivity (Wildman–Crippen MR) is 80.6 cm³/mol. The van der Waals surface area contributed by atoms with Crippen LogP contribution in [-0.2, 0) is 0 Å². The maximum absolute atomic E-state index is 5.93. The maximum Gasteiger partial charge on any atom is 0.187 e. The summed E-state index contributed by atoms with van der Waals surface area (Å²) in [7, 11) is 1.62. The van der Waals surface area contributed by atoms with E-state index in [0.717, 1.165) is 17.0 Å². The molecule has 0 amide bonds. The lowest BCUT2D eigenvalue weighted by molar-refractivity contribution is 0.414. The molecular weight excluding hydrogens is 290 g/mol. The molecular formula is C14H12ClN5O. The van der Waals surface area contributed by atoms with Gasteiger partial charge in [-0.2, -0.15) is 4.68 Å². The number of ether oxygens (including phenoxy) is 1. The molecule has 1 heterocycles. The van der Waals surface area contributed by atoms with E-state index in [1.165, 1.54) is 0 Å². The van der Waals surface area contributed by atoms with Crippen molar-refractivity contribution in [3.05, 3.63) is 47.5 Å². The number of benzene rings is 2. The van der Waals surface area contributed by atoms with Gasteiger partial charge >= 0.3 is 0 Å². The number of aromatic nitrogens is 4. The number of tetrazole rings is 1. The molecule has 3 aromatic rings. The van der Waals surface area contributed by atoms with Gasteiger partial charge in [0, 0.05) is 5.56 Å². The zero-order valence-electron chi connectivity index (χ0n) is 11.2. The number of nitrogens with zero attached hydrogens (tertiary/aromatic N) is 4. The molecule has 2 N–H and O–H groups in total. The summed E-state index contributed by atoms with van der Waals surface area (Å²) in [5, 5.41) is 12.3. The van der Waals surface area contributed by atoms with E-state index in [1.54, 1.807) is 23.9 Å². The highest BCUT2D eigenvalue weighted by Gasteiger charge is 2.12. The zero-order chi connectivity index (χ0) is 14.8.